The van der Waals surface area contributed by atoms with E-state index < -0.39 is 0 Å². The minimum absolute atomic E-state index is 0.327. The summed E-state index contributed by atoms with van der Waals surface area (Å²) in [5.74, 6) is 1.79. The van der Waals surface area contributed by atoms with Gasteiger partial charge in [0.05, 0.1) is 0 Å². The minimum Gasteiger partial charge on any atom is -0.368 e. The number of piperazine rings is 1. The largest absolute Gasteiger partial charge is 0.368 e. The number of hydrogen-bond donors (Lipinski definition) is 1. The fourth-order valence-corrected chi connectivity index (χ4v) is 3.01. The Morgan fingerprint density at radius 3 is 1.86 bits per heavy atom. The quantitative estimate of drug-likeness (QED) is 0.873. The first-order chi connectivity index (χ1) is 10.1. The lowest BCUT2D eigenvalue weighted by Gasteiger charge is -2.37. The first-order valence-corrected chi connectivity index (χ1v) is 7.89. The molecule has 7 nitrogen and oxygen atoms in total. The fraction of sp³-hybridized carbons (Fsp3) is 0.786. The van der Waals surface area contributed by atoms with Crippen LogP contribution in [0, 0.1) is 0 Å². The molecule has 2 fully saturated rings. The van der Waals surface area contributed by atoms with E-state index in [0.29, 0.717) is 12.0 Å². The summed E-state index contributed by atoms with van der Waals surface area (Å²) in [4.78, 5) is 20.2. The Morgan fingerprint density at radius 1 is 0.810 bits per heavy atom. The highest BCUT2D eigenvalue weighted by Crippen LogP contribution is 2.20. The molecular formula is C14H25N7. The standard InChI is InChI=1S/C14H25N7/c1-11(2)19-7-9-21(10-8-19)14-17-12(15)16-13(18-14)20-5-3-4-6-20/h11H,3-10H2,1-2H3,(H2,15,16,17,18). The zero-order chi connectivity index (χ0) is 14.8. The van der Waals surface area contributed by atoms with Gasteiger partial charge in [-0.25, -0.2) is 0 Å². The molecule has 0 bridgehead atoms. The molecule has 0 unspecified atom stereocenters. The Morgan fingerprint density at radius 2 is 1.33 bits per heavy atom. The lowest BCUT2D eigenvalue weighted by Crippen LogP contribution is -2.49. The maximum Gasteiger partial charge on any atom is 0.232 e. The number of aromatic nitrogens is 3. The Bertz CT molecular complexity index is 476. The van der Waals surface area contributed by atoms with E-state index in [0.717, 1.165) is 51.2 Å². The third-order valence-electron chi connectivity index (χ3n) is 4.35. The van der Waals surface area contributed by atoms with E-state index in [2.05, 4.69) is 43.5 Å². The lowest BCUT2D eigenvalue weighted by molar-refractivity contribution is 0.208. The zero-order valence-corrected chi connectivity index (χ0v) is 13.0. The molecule has 0 amide bonds. The Labute approximate surface area is 126 Å². The van der Waals surface area contributed by atoms with Crippen LogP contribution in [0.15, 0.2) is 0 Å². The minimum atomic E-state index is 0.327. The van der Waals surface area contributed by atoms with Crippen molar-refractivity contribution in [3.63, 3.8) is 0 Å². The molecule has 0 saturated carbocycles. The van der Waals surface area contributed by atoms with Crippen LogP contribution >= 0.6 is 0 Å². The molecule has 2 N–H and O–H groups in total. The molecule has 0 aromatic carbocycles. The average Bonchev–Trinajstić information content (AvgIpc) is 3.01. The van der Waals surface area contributed by atoms with Crippen LogP contribution in [0.1, 0.15) is 26.7 Å². The van der Waals surface area contributed by atoms with Gasteiger partial charge in [0.15, 0.2) is 0 Å². The van der Waals surface area contributed by atoms with Gasteiger partial charge in [0.2, 0.25) is 17.8 Å². The smallest absolute Gasteiger partial charge is 0.232 e. The highest BCUT2D eigenvalue weighted by Gasteiger charge is 2.23. The first-order valence-electron chi connectivity index (χ1n) is 7.89. The summed E-state index contributed by atoms with van der Waals surface area (Å²) in [7, 11) is 0. The Balaban J connectivity index is 1.73. The molecule has 3 rings (SSSR count). The number of nitrogens with two attached hydrogens (primary N) is 1. The molecule has 0 spiro atoms. The number of nitrogens with zero attached hydrogens (tertiary/aromatic N) is 6. The van der Waals surface area contributed by atoms with Gasteiger partial charge in [0, 0.05) is 45.3 Å². The molecular weight excluding hydrogens is 266 g/mol. The van der Waals surface area contributed by atoms with Crippen molar-refractivity contribution in [2.24, 2.45) is 0 Å². The van der Waals surface area contributed by atoms with Crippen molar-refractivity contribution < 1.29 is 0 Å². The zero-order valence-electron chi connectivity index (χ0n) is 13.0. The normalized spacial score (nSPS) is 20.5. The number of hydrogen-bond acceptors (Lipinski definition) is 7. The summed E-state index contributed by atoms with van der Waals surface area (Å²) in [6.45, 7) is 10.5. The summed E-state index contributed by atoms with van der Waals surface area (Å²) < 4.78 is 0. The summed E-state index contributed by atoms with van der Waals surface area (Å²) in [6.07, 6.45) is 2.40. The van der Waals surface area contributed by atoms with E-state index in [9.17, 15) is 0 Å². The second kappa shape index (κ2) is 6.01. The highest BCUT2D eigenvalue weighted by atomic mass is 15.4. The second-order valence-electron chi connectivity index (χ2n) is 6.10. The van der Waals surface area contributed by atoms with Gasteiger partial charge in [-0.2, -0.15) is 15.0 Å². The van der Waals surface area contributed by atoms with Crippen LogP contribution in [0.25, 0.3) is 0 Å². The fourth-order valence-electron chi connectivity index (χ4n) is 3.01. The maximum atomic E-state index is 5.88. The van der Waals surface area contributed by atoms with E-state index in [1.54, 1.807) is 0 Å². The summed E-state index contributed by atoms with van der Waals surface area (Å²) in [6, 6.07) is 0.593. The van der Waals surface area contributed by atoms with Gasteiger partial charge in [0.1, 0.15) is 0 Å². The van der Waals surface area contributed by atoms with E-state index in [1.165, 1.54) is 12.8 Å². The molecule has 116 valence electrons. The SMILES string of the molecule is CC(C)N1CCN(c2nc(N)nc(N3CCCC3)n2)CC1. The number of rotatable bonds is 3. The third kappa shape index (κ3) is 3.18. The first kappa shape index (κ1) is 14.3. The van der Waals surface area contributed by atoms with E-state index in [1.807, 2.05) is 0 Å². The van der Waals surface area contributed by atoms with Crippen molar-refractivity contribution in [3.05, 3.63) is 0 Å². The van der Waals surface area contributed by atoms with E-state index in [-0.39, 0.29) is 0 Å². The molecule has 0 aliphatic carbocycles. The molecule has 7 heteroatoms. The molecule has 0 radical (unpaired) electrons. The van der Waals surface area contributed by atoms with Gasteiger partial charge in [-0.1, -0.05) is 0 Å². The van der Waals surface area contributed by atoms with Crippen molar-refractivity contribution in [2.45, 2.75) is 32.7 Å². The van der Waals surface area contributed by atoms with Gasteiger partial charge >= 0.3 is 0 Å². The number of nitrogen functional groups attached to an aromatic ring is 1. The second-order valence-corrected chi connectivity index (χ2v) is 6.10. The van der Waals surface area contributed by atoms with Crippen LogP contribution in [-0.2, 0) is 0 Å². The van der Waals surface area contributed by atoms with Crippen LogP contribution in [0.2, 0.25) is 0 Å². The summed E-state index contributed by atoms with van der Waals surface area (Å²) >= 11 is 0. The van der Waals surface area contributed by atoms with Crippen molar-refractivity contribution in [2.75, 3.05) is 54.8 Å². The third-order valence-corrected chi connectivity index (χ3v) is 4.35. The van der Waals surface area contributed by atoms with Gasteiger partial charge in [-0.3, -0.25) is 4.90 Å². The van der Waals surface area contributed by atoms with Crippen molar-refractivity contribution in [1.82, 2.24) is 19.9 Å². The molecule has 1 aromatic heterocycles. The monoisotopic (exact) mass is 291 g/mol. The molecule has 0 atom stereocenters. The highest BCUT2D eigenvalue weighted by molar-refractivity contribution is 5.44. The van der Waals surface area contributed by atoms with Gasteiger partial charge in [0.25, 0.3) is 0 Å². The predicted molar refractivity (Wildman–Crippen MR) is 84.6 cm³/mol. The lowest BCUT2D eigenvalue weighted by atomic mass is 10.2. The number of anilines is 3. The molecule has 3 heterocycles. The van der Waals surface area contributed by atoms with Crippen LogP contribution in [-0.4, -0.2) is 65.2 Å². The molecule has 2 aliphatic rings. The van der Waals surface area contributed by atoms with Crippen molar-refractivity contribution >= 4 is 17.8 Å². The van der Waals surface area contributed by atoms with Crippen LogP contribution in [0.3, 0.4) is 0 Å². The van der Waals surface area contributed by atoms with Crippen LogP contribution in [0.4, 0.5) is 17.8 Å². The molecule has 21 heavy (non-hydrogen) atoms. The molecule has 2 aliphatic heterocycles. The predicted octanol–water partition coefficient (Wildman–Crippen LogP) is 0.584. The Hall–Kier alpha value is -1.63. The summed E-state index contributed by atoms with van der Waals surface area (Å²) in [5.41, 5.74) is 5.88. The van der Waals surface area contributed by atoms with Crippen LogP contribution < -0.4 is 15.5 Å². The van der Waals surface area contributed by atoms with Gasteiger partial charge < -0.3 is 15.5 Å². The van der Waals surface area contributed by atoms with Crippen molar-refractivity contribution in [3.8, 4) is 0 Å². The molecule has 1 aromatic rings. The topological polar surface area (TPSA) is 74.4 Å². The van der Waals surface area contributed by atoms with E-state index >= 15 is 0 Å². The average molecular weight is 291 g/mol. The van der Waals surface area contributed by atoms with Crippen molar-refractivity contribution in [1.29, 1.82) is 0 Å². The Kier molecular flexibility index (Phi) is 4.10. The van der Waals surface area contributed by atoms with Gasteiger partial charge in [-0.15, -0.1) is 0 Å². The van der Waals surface area contributed by atoms with Crippen LogP contribution in [0.5, 0.6) is 0 Å². The van der Waals surface area contributed by atoms with Gasteiger partial charge in [-0.05, 0) is 26.7 Å². The maximum absolute atomic E-state index is 5.88. The summed E-state index contributed by atoms with van der Waals surface area (Å²) in [5, 5.41) is 0. The molecule has 2 saturated heterocycles. The van der Waals surface area contributed by atoms with E-state index in [4.69, 9.17) is 5.73 Å².